The van der Waals surface area contributed by atoms with Gasteiger partial charge >= 0.3 is 0 Å². The highest BCUT2D eigenvalue weighted by Gasteiger charge is 2.34. The van der Waals surface area contributed by atoms with Crippen molar-refractivity contribution in [1.29, 1.82) is 0 Å². The quantitative estimate of drug-likeness (QED) is 0.282. The molecule has 1 atom stereocenters. The minimum Gasteiger partial charge on any atom is -0.497 e. The molecule has 220 valence electrons. The van der Waals surface area contributed by atoms with E-state index in [-0.39, 0.29) is 29.6 Å². The van der Waals surface area contributed by atoms with Crippen molar-refractivity contribution >= 4 is 39.1 Å². The molecule has 0 saturated heterocycles. The maximum atomic E-state index is 14.1. The number of carbonyl (C=O) groups is 2. The third-order valence-corrected chi connectivity index (χ3v) is 8.36. The number of amides is 2. The number of carbonyl (C=O) groups excluding carboxylic acids is 2. The molecule has 3 aromatic rings. The fraction of sp³-hybridized carbons (Fsp3) is 0.333. The second kappa shape index (κ2) is 14.7. The highest BCUT2D eigenvalue weighted by atomic mass is 35.5. The Morgan fingerprint density at radius 1 is 0.976 bits per heavy atom. The predicted molar refractivity (Wildman–Crippen MR) is 160 cm³/mol. The van der Waals surface area contributed by atoms with Gasteiger partial charge in [-0.2, -0.15) is 0 Å². The van der Waals surface area contributed by atoms with E-state index in [2.05, 4.69) is 5.32 Å². The molecule has 41 heavy (non-hydrogen) atoms. The molecule has 0 fully saturated rings. The Morgan fingerprint density at radius 3 is 2.32 bits per heavy atom. The van der Waals surface area contributed by atoms with E-state index in [9.17, 15) is 18.0 Å². The maximum Gasteiger partial charge on any atom is 0.264 e. The highest BCUT2D eigenvalue weighted by molar-refractivity contribution is 7.92. The molecule has 1 N–H and O–H groups in total. The number of nitrogens with zero attached hydrogens (tertiary/aromatic N) is 2. The Hall–Kier alpha value is -3.76. The van der Waals surface area contributed by atoms with Crippen LogP contribution in [0.2, 0.25) is 5.02 Å². The number of hydrogen-bond acceptors (Lipinski definition) is 6. The van der Waals surface area contributed by atoms with Gasteiger partial charge in [0, 0.05) is 18.1 Å². The topological polar surface area (TPSA) is 105 Å². The van der Waals surface area contributed by atoms with E-state index >= 15 is 0 Å². The number of halogens is 1. The van der Waals surface area contributed by atoms with Crippen LogP contribution in [-0.2, 0) is 26.2 Å². The van der Waals surface area contributed by atoms with E-state index in [1.165, 1.54) is 29.2 Å². The first-order valence-corrected chi connectivity index (χ1v) is 15.2. The summed E-state index contributed by atoms with van der Waals surface area (Å²) < 4.78 is 40.2. The van der Waals surface area contributed by atoms with Crippen molar-refractivity contribution in [1.82, 2.24) is 10.2 Å². The molecule has 3 rings (SSSR count). The zero-order valence-corrected chi connectivity index (χ0v) is 25.2. The Bertz CT molecular complexity index is 1430. The zero-order chi connectivity index (χ0) is 30.0. The summed E-state index contributed by atoms with van der Waals surface area (Å²) in [6.45, 7) is 5.55. The summed E-state index contributed by atoms with van der Waals surface area (Å²) in [5.41, 5.74) is 0.923. The Balaban J connectivity index is 2.11. The first-order chi connectivity index (χ1) is 19.7. The van der Waals surface area contributed by atoms with Gasteiger partial charge in [-0.25, -0.2) is 8.42 Å². The van der Waals surface area contributed by atoms with Crippen molar-refractivity contribution in [3.63, 3.8) is 0 Å². The van der Waals surface area contributed by atoms with Gasteiger partial charge < -0.3 is 19.7 Å². The van der Waals surface area contributed by atoms with E-state index in [4.69, 9.17) is 21.1 Å². The smallest absolute Gasteiger partial charge is 0.264 e. The molecule has 0 spiro atoms. The third kappa shape index (κ3) is 7.92. The summed E-state index contributed by atoms with van der Waals surface area (Å²) in [4.78, 5) is 28.6. The van der Waals surface area contributed by atoms with Gasteiger partial charge in [-0.05, 0) is 74.4 Å². The second-order valence-electron chi connectivity index (χ2n) is 9.06. The Morgan fingerprint density at radius 2 is 1.68 bits per heavy atom. The van der Waals surface area contributed by atoms with Crippen LogP contribution in [0.5, 0.6) is 11.5 Å². The number of benzene rings is 3. The number of likely N-dealkylation sites (N-methyl/N-ethyl adjacent to an activating group) is 1. The molecule has 11 heteroatoms. The lowest BCUT2D eigenvalue weighted by Crippen LogP contribution is -2.52. The minimum atomic E-state index is -4.26. The molecule has 0 unspecified atom stereocenters. The number of rotatable bonds is 14. The molecule has 0 bridgehead atoms. The van der Waals surface area contributed by atoms with Crippen molar-refractivity contribution < 1.29 is 27.5 Å². The number of methoxy groups -OCH3 is 1. The van der Waals surface area contributed by atoms with Crippen LogP contribution in [0.25, 0.3) is 0 Å². The van der Waals surface area contributed by atoms with Crippen LogP contribution in [0, 0.1) is 0 Å². The first kappa shape index (κ1) is 31.8. The summed E-state index contributed by atoms with van der Waals surface area (Å²) in [6.07, 6.45) is 0.320. The molecule has 2 amide bonds. The average molecular weight is 602 g/mol. The van der Waals surface area contributed by atoms with Crippen LogP contribution in [0.4, 0.5) is 5.69 Å². The summed E-state index contributed by atoms with van der Waals surface area (Å²) in [7, 11) is -2.72. The number of hydrogen-bond donors (Lipinski definition) is 1. The Labute approximate surface area is 247 Å². The summed E-state index contributed by atoms with van der Waals surface area (Å²) in [5.74, 6) is 0.0110. The van der Waals surface area contributed by atoms with Crippen LogP contribution in [0.15, 0.2) is 77.7 Å². The number of para-hydroxylation sites is 2. The number of ether oxygens (including phenoxy) is 2. The van der Waals surface area contributed by atoms with Gasteiger partial charge in [0.15, 0.2) is 0 Å². The van der Waals surface area contributed by atoms with E-state index in [1.807, 2.05) is 6.07 Å². The molecular formula is C30H36ClN3O6S. The van der Waals surface area contributed by atoms with Gasteiger partial charge in [0.2, 0.25) is 11.8 Å². The molecule has 0 heterocycles. The van der Waals surface area contributed by atoms with Crippen LogP contribution < -0.4 is 19.1 Å². The minimum absolute atomic E-state index is 0.0453. The first-order valence-electron chi connectivity index (χ1n) is 13.4. The Kier molecular flexibility index (Phi) is 11.4. The van der Waals surface area contributed by atoms with E-state index in [0.717, 1.165) is 9.87 Å². The monoisotopic (exact) mass is 601 g/mol. The largest absolute Gasteiger partial charge is 0.497 e. The lowest BCUT2D eigenvalue weighted by molar-refractivity contribution is -0.140. The van der Waals surface area contributed by atoms with E-state index in [0.29, 0.717) is 29.5 Å². The van der Waals surface area contributed by atoms with Crippen LogP contribution in [0.3, 0.4) is 0 Å². The van der Waals surface area contributed by atoms with E-state index in [1.54, 1.807) is 70.3 Å². The molecule has 0 aliphatic carbocycles. The number of nitrogens with one attached hydrogen (secondary N) is 1. The number of sulfonamides is 1. The van der Waals surface area contributed by atoms with Crippen LogP contribution >= 0.6 is 11.6 Å². The highest BCUT2D eigenvalue weighted by Crippen LogP contribution is 2.33. The SMILES string of the molecule is CCNC(=O)[C@H](CC)N(Cc1cccc(OC)c1)C(=O)CN(c1ccccc1OCC)S(=O)(=O)c1ccc(Cl)cc1. The predicted octanol–water partition coefficient (Wildman–Crippen LogP) is 4.89. The second-order valence-corrected chi connectivity index (χ2v) is 11.4. The third-order valence-electron chi connectivity index (χ3n) is 6.34. The van der Waals surface area contributed by atoms with E-state index < -0.39 is 28.5 Å². The normalized spacial score (nSPS) is 11.8. The van der Waals surface area contributed by atoms with Crippen molar-refractivity contribution in [3.05, 3.63) is 83.4 Å². The van der Waals surface area contributed by atoms with Crippen molar-refractivity contribution in [3.8, 4) is 11.5 Å². The number of anilines is 1. The van der Waals surface area contributed by atoms with Crippen molar-refractivity contribution in [2.75, 3.05) is 31.1 Å². The lowest BCUT2D eigenvalue weighted by Gasteiger charge is -2.33. The molecule has 0 aliphatic heterocycles. The molecular weight excluding hydrogens is 566 g/mol. The molecule has 0 saturated carbocycles. The summed E-state index contributed by atoms with van der Waals surface area (Å²) >= 11 is 6.02. The fourth-order valence-electron chi connectivity index (χ4n) is 4.37. The molecule has 0 aliphatic rings. The van der Waals surface area contributed by atoms with Gasteiger partial charge in [0.25, 0.3) is 10.0 Å². The van der Waals surface area contributed by atoms with Crippen LogP contribution in [0.1, 0.15) is 32.8 Å². The standard InChI is InChI=1S/C30H36ClN3O6S/c1-5-26(30(36)32-6-2)33(20-22-11-10-12-24(19-22)39-4)29(35)21-34(27-13-8-9-14-28(27)40-7-3)41(37,38)25-17-15-23(31)16-18-25/h8-19,26H,5-7,20-21H2,1-4H3,(H,32,36)/t26-/m0/s1. The molecule has 0 radical (unpaired) electrons. The molecule has 9 nitrogen and oxygen atoms in total. The molecule has 0 aromatic heterocycles. The van der Waals surface area contributed by atoms with Crippen LogP contribution in [-0.4, -0.2) is 58.0 Å². The van der Waals surface area contributed by atoms with Gasteiger partial charge in [0.05, 0.1) is 24.3 Å². The van der Waals surface area contributed by atoms with Crippen molar-refractivity contribution in [2.45, 2.75) is 44.7 Å². The summed E-state index contributed by atoms with van der Waals surface area (Å²) in [6, 6.07) is 18.7. The van der Waals surface area contributed by atoms with Gasteiger partial charge in [-0.15, -0.1) is 0 Å². The van der Waals surface area contributed by atoms with Crippen molar-refractivity contribution in [2.24, 2.45) is 0 Å². The van der Waals surface area contributed by atoms with Gasteiger partial charge in [-0.3, -0.25) is 13.9 Å². The lowest BCUT2D eigenvalue weighted by atomic mass is 10.1. The van der Waals surface area contributed by atoms with Gasteiger partial charge in [-0.1, -0.05) is 42.8 Å². The summed E-state index contributed by atoms with van der Waals surface area (Å²) in [5, 5.41) is 3.16. The maximum absolute atomic E-state index is 14.1. The molecule has 3 aromatic carbocycles. The average Bonchev–Trinajstić information content (AvgIpc) is 2.96. The zero-order valence-electron chi connectivity index (χ0n) is 23.7. The fourth-order valence-corrected chi connectivity index (χ4v) is 5.92. The van der Waals surface area contributed by atoms with Gasteiger partial charge in [0.1, 0.15) is 24.1 Å².